The summed E-state index contributed by atoms with van der Waals surface area (Å²) in [4.78, 5) is 11.8. The van der Waals surface area contributed by atoms with Crippen LogP contribution in [0.15, 0.2) is 44.4 Å². The van der Waals surface area contributed by atoms with Gasteiger partial charge in [0.05, 0.1) is 10.7 Å². The summed E-state index contributed by atoms with van der Waals surface area (Å²) in [6.45, 7) is 3.75. The fourth-order valence-corrected chi connectivity index (χ4v) is 2.96. The lowest BCUT2D eigenvalue weighted by Crippen LogP contribution is -2.24. The van der Waals surface area contributed by atoms with Crippen molar-refractivity contribution in [2.24, 2.45) is 5.10 Å². The molecular formula is C17H16Br2N2O3. The first-order valence-electron chi connectivity index (χ1n) is 7.07. The minimum Gasteiger partial charge on any atom is -0.507 e. The second-order valence-electron chi connectivity index (χ2n) is 5.18. The normalized spacial score (nSPS) is 10.8. The Hall–Kier alpha value is -1.86. The van der Waals surface area contributed by atoms with Gasteiger partial charge in [-0.15, -0.1) is 0 Å². The molecule has 0 aliphatic rings. The molecule has 0 radical (unpaired) electrons. The smallest absolute Gasteiger partial charge is 0.277 e. The molecule has 0 fully saturated rings. The highest BCUT2D eigenvalue weighted by molar-refractivity contribution is 9.11. The van der Waals surface area contributed by atoms with Gasteiger partial charge in [0.2, 0.25) is 0 Å². The minimum absolute atomic E-state index is 0.0873. The van der Waals surface area contributed by atoms with E-state index in [1.165, 1.54) is 12.3 Å². The summed E-state index contributed by atoms with van der Waals surface area (Å²) in [7, 11) is 0. The molecule has 0 saturated heterocycles. The first-order valence-corrected chi connectivity index (χ1v) is 8.65. The SMILES string of the molecule is Cc1ccc(C)c(OCC(=O)N/N=C\c2cc(O)c(Br)cc2Br)c1. The number of carbonyl (C=O) groups is 1. The van der Waals surface area contributed by atoms with E-state index in [1.54, 1.807) is 6.07 Å². The van der Waals surface area contributed by atoms with Gasteiger partial charge in [0.1, 0.15) is 11.5 Å². The molecule has 0 atom stereocenters. The molecule has 1 amide bonds. The van der Waals surface area contributed by atoms with Crippen molar-refractivity contribution in [1.29, 1.82) is 0 Å². The molecule has 2 aromatic rings. The number of rotatable bonds is 5. The van der Waals surface area contributed by atoms with Gasteiger partial charge in [-0.3, -0.25) is 4.79 Å². The number of carbonyl (C=O) groups excluding carboxylic acids is 1. The molecule has 2 N–H and O–H groups in total. The lowest BCUT2D eigenvalue weighted by Gasteiger charge is -2.09. The molecule has 24 heavy (non-hydrogen) atoms. The van der Waals surface area contributed by atoms with Crippen molar-refractivity contribution in [1.82, 2.24) is 5.43 Å². The summed E-state index contributed by atoms with van der Waals surface area (Å²) < 4.78 is 6.80. The van der Waals surface area contributed by atoms with Crippen LogP contribution >= 0.6 is 31.9 Å². The van der Waals surface area contributed by atoms with E-state index < -0.39 is 0 Å². The summed E-state index contributed by atoms with van der Waals surface area (Å²) in [5.74, 6) is 0.392. The average molecular weight is 456 g/mol. The van der Waals surface area contributed by atoms with E-state index >= 15 is 0 Å². The van der Waals surface area contributed by atoms with Crippen LogP contribution in [-0.2, 0) is 4.79 Å². The van der Waals surface area contributed by atoms with E-state index in [4.69, 9.17) is 4.74 Å². The second kappa shape index (κ2) is 8.30. The number of hydrogen-bond acceptors (Lipinski definition) is 4. The predicted molar refractivity (Wildman–Crippen MR) is 101 cm³/mol. The van der Waals surface area contributed by atoms with Gasteiger partial charge in [-0.25, -0.2) is 5.43 Å². The predicted octanol–water partition coefficient (Wildman–Crippen LogP) is 4.06. The zero-order chi connectivity index (χ0) is 17.7. The lowest BCUT2D eigenvalue weighted by atomic mass is 10.1. The maximum atomic E-state index is 11.8. The molecule has 0 aliphatic heterocycles. The average Bonchev–Trinajstić information content (AvgIpc) is 2.53. The molecule has 126 valence electrons. The molecule has 7 heteroatoms. The third-order valence-corrected chi connectivity index (χ3v) is 4.48. The number of phenols is 1. The van der Waals surface area contributed by atoms with Gasteiger partial charge in [0.15, 0.2) is 6.61 Å². The number of nitrogens with one attached hydrogen (secondary N) is 1. The topological polar surface area (TPSA) is 70.9 Å². The van der Waals surface area contributed by atoms with Crippen LogP contribution in [0.3, 0.4) is 0 Å². The summed E-state index contributed by atoms with van der Waals surface area (Å²) >= 11 is 6.57. The van der Waals surface area contributed by atoms with E-state index in [0.29, 0.717) is 15.8 Å². The van der Waals surface area contributed by atoms with Crippen molar-refractivity contribution >= 4 is 44.0 Å². The molecule has 0 aromatic heterocycles. The third kappa shape index (κ3) is 5.07. The fraction of sp³-hybridized carbons (Fsp3) is 0.176. The number of hydrazone groups is 1. The lowest BCUT2D eigenvalue weighted by molar-refractivity contribution is -0.123. The highest BCUT2D eigenvalue weighted by atomic mass is 79.9. The van der Waals surface area contributed by atoms with E-state index in [0.717, 1.165) is 15.6 Å². The zero-order valence-corrected chi connectivity index (χ0v) is 16.3. The molecule has 0 heterocycles. The van der Waals surface area contributed by atoms with Gasteiger partial charge in [0.25, 0.3) is 5.91 Å². The van der Waals surface area contributed by atoms with Crippen LogP contribution in [-0.4, -0.2) is 23.8 Å². The monoisotopic (exact) mass is 454 g/mol. The quantitative estimate of drug-likeness (QED) is 0.527. The maximum Gasteiger partial charge on any atom is 0.277 e. The summed E-state index contributed by atoms with van der Waals surface area (Å²) in [5.41, 5.74) is 5.05. The number of aromatic hydroxyl groups is 1. The van der Waals surface area contributed by atoms with Crippen molar-refractivity contribution < 1.29 is 14.6 Å². The van der Waals surface area contributed by atoms with Crippen molar-refractivity contribution in [2.75, 3.05) is 6.61 Å². The van der Waals surface area contributed by atoms with Crippen LogP contribution in [0.4, 0.5) is 0 Å². The Morgan fingerprint density at radius 2 is 2.00 bits per heavy atom. The zero-order valence-electron chi connectivity index (χ0n) is 13.1. The molecule has 0 bridgehead atoms. The molecule has 5 nitrogen and oxygen atoms in total. The summed E-state index contributed by atoms with van der Waals surface area (Å²) in [6.07, 6.45) is 1.44. The highest BCUT2D eigenvalue weighted by Gasteiger charge is 2.06. The Bertz CT molecular complexity index is 792. The van der Waals surface area contributed by atoms with Crippen molar-refractivity contribution in [3.05, 3.63) is 56.0 Å². The van der Waals surface area contributed by atoms with Crippen LogP contribution in [0.2, 0.25) is 0 Å². The van der Waals surface area contributed by atoms with Gasteiger partial charge < -0.3 is 9.84 Å². The Morgan fingerprint density at radius 1 is 1.25 bits per heavy atom. The molecule has 0 spiro atoms. The number of hydrogen-bond donors (Lipinski definition) is 2. The number of phenolic OH excluding ortho intramolecular Hbond substituents is 1. The van der Waals surface area contributed by atoms with Crippen LogP contribution in [0.1, 0.15) is 16.7 Å². The highest BCUT2D eigenvalue weighted by Crippen LogP contribution is 2.29. The summed E-state index contributed by atoms with van der Waals surface area (Å²) in [5, 5.41) is 13.5. The van der Waals surface area contributed by atoms with Crippen molar-refractivity contribution in [2.45, 2.75) is 13.8 Å². The van der Waals surface area contributed by atoms with Gasteiger partial charge in [-0.05, 0) is 59.1 Å². The van der Waals surface area contributed by atoms with Crippen LogP contribution in [0.5, 0.6) is 11.5 Å². The summed E-state index contributed by atoms with van der Waals surface area (Å²) in [6, 6.07) is 9.03. The molecule has 2 aromatic carbocycles. The number of ether oxygens (including phenoxy) is 1. The second-order valence-corrected chi connectivity index (χ2v) is 6.88. The van der Waals surface area contributed by atoms with Crippen molar-refractivity contribution in [3.63, 3.8) is 0 Å². The first-order chi connectivity index (χ1) is 11.4. The Labute approximate surface area is 157 Å². The number of halogens is 2. The van der Waals surface area contributed by atoms with Crippen LogP contribution < -0.4 is 10.2 Å². The van der Waals surface area contributed by atoms with Crippen LogP contribution in [0, 0.1) is 13.8 Å². The van der Waals surface area contributed by atoms with Crippen LogP contribution in [0.25, 0.3) is 0 Å². The number of nitrogens with zero attached hydrogens (tertiary/aromatic N) is 1. The van der Waals surface area contributed by atoms with Crippen molar-refractivity contribution in [3.8, 4) is 11.5 Å². The first kappa shape index (κ1) is 18.5. The van der Waals surface area contributed by atoms with Gasteiger partial charge >= 0.3 is 0 Å². The molecule has 2 rings (SSSR count). The van der Waals surface area contributed by atoms with Gasteiger partial charge in [0, 0.05) is 10.0 Å². The van der Waals surface area contributed by atoms with E-state index in [9.17, 15) is 9.90 Å². The Kier molecular flexibility index (Phi) is 6.39. The van der Waals surface area contributed by atoms with E-state index in [-0.39, 0.29) is 18.3 Å². The number of aryl methyl sites for hydroxylation is 2. The van der Waals surface area contributed by atoms with E-state index in [1.807, 2.05) is 32.0 Å². The van der Waals surface area contributed by atoms with Gasteiger partial charge in [-0.2, -0.15) is 5.10 Å². The Balaban J connectivity index is 1.91. The number of amides is 1. The minimum atomic E-state index is -0.371. The standard InChI is InChI=1S/C17H16Br2N2O3/c1-10-3-4-11(2)16(5-10)24-9-17(23)21-20-8-12-6-15(22)14(19)7-13(12)18/h3-8,22H,9H2,1-2H3,(H,21,23)/b20-8-. The largest absolute Gasteiger partial charge is 0.507 e. The maximum absolute atomic E-state index is 11.8. The van der Waals surface area contributed by atoms with E-state index in [2.05, 4.69) is 42.4 Å². The molecule has 0 saturated carbocycles. The van der Waals surface area contributed by atoms with Gasteiger partial charge in [-0.1, -0.05) is 28.1 Å². The Morgan fingerprint density at radius 3 is 2.75 bits per heavy atom. The fourth-order valence-electron chi connectivity index (χ4n) is 1.86. The molecule has 0 unspecified atom stereocenters. The number of benzene rings is 2. The molecule has 0 aliphatic carbocycles. The third-order valence-electron chi connectivity index (χ3n) is 3.16. The molecular weight excluding hydrogens is 440 g/mol.